The number of nitrogens with one attached hydrogen (secondary N) is 1. The van der Waals surface area contributed by atoms with Crippen LogP contribution in [0.25, 0.3) is 11.8 Å². The lowest BCUT2D eigenvalue weighted by Crippen LogP contribution is -2.54. The molecule has 2 heterocycles. The van der Waals surface area contributed by atoms with Gasteiger partial charge in [0.15, 0.2) is 5.11 Å². The van der Waals surface area contributed by atoms with Crippen molar-refractivity contribution in [2.45, 2.75) is 13.8 Å². The van der Waals surface area contributed by atoms with Gasteiger partial charge in [-0.15, -0.1) is 0 Å². The van der Waals surface area contributed by atoms with Crippen molar-refractivity contribution < 1.29 is 14.0 Å². The van der Waals surface area contributed by atoms with Crippen LogP contribution in [0, 0.1) is 19.7 Å². The number of benzene rings is 2. The molecule has 1 aliphatic rings. The van der Waals surface area contributed by atoms with Crippen molar-refractivity contribution >= 4 is 75.7 Å². The Kier molecular flexibility index (Phi) is 6.33. The number of halogens is 4. The molecule has 33 heavy (non-hydrogen) atoms. The largest absolute Gasteiger partial charge is 0.318 e. The maximum Gasteiger partial charge on any atom is 0.270 e. The summed E-state index contributed by atoms with van der Waals surface area (Å²) in [6.07, 6.45) is 1.49. The molecule has 0 unspecified atom stereocenters. The van der Waals surface area contributed by atoms with Gasteiger partial charge in [0.25, 0.3) is 11.8 Å². The Morgan fingerprint density at radius 3 is 2.27 bits per heavy atom. The molecule has 1 saturated heterocycles. The standard InChI is InChI=1S/C23H15Cl3FN3O2S/c1-11-7-13(12(2)29(11)14-4-6-20(27)19(26)10-14)8-16-21(31)28-23(33)30(22(16)32)15-3-5-17(24)18(25)9-15/h3-10H,1-2H3,(H,28,31,33)/b16-8+. The molecule has 1 N–H and O–H groups in total. The first-order valence-corrected chi connectivity index (χ1v) is 11.1. The fourth-order valence-corrected chi connectivity index (χ4v) is 4.37. The minimum Gasteiger partial charge on any atom is -0.318 e. The van der Waals surface area contributed by atoms with Crippen LogP contribution in [0.4, 0.5) is 10.1 Å². The number of aryl methyl sites for hydroxylation is 1. The van der Waals surface area contributed by atoms with Crippen LogP contribution in [-0.2, 0) is 9.59 Å². The van der Waals surface area contributed by atoms with Crippen LogP contribution in [0.1, 0.15) is 17.0 Å². The number of anilines is 1. The maximum atomic E-state index is 13.6. The lowest BCUT2D eigenvalue weighted by atomic mass is 10.1. The van der Waals surface area contributed by atoms with Gasteiger partial charge >= 0.3 is 0 Å². The molecule has 5 nitrogen and oxygen atoms in total. The van der Waals surface area contributed by atoms with Crippen molar-refractivity contribution in [2.24, 2.45) is 0 Å². The summed E-state index contributed by atoms with van der Waals surface area (Å²) in [6, 6.07) is 10.8. The third-order valence-corrected chi connectivity index (χ3v) is 6.51. The molecule has 2 amide bonds. The van der Waals surface area contributed by atoms with Crippen molar-refractivity contribution in [1.82, 2.24) is 9.88 Å². The van der Waals surface area contributed by atoms with E-state index in [-0.39, 0.29) is 20.7 Å². The smallest absolute Gasteiger partial charge is 0.270 e. The second-order valence-corrected chi connectivity index (χ2v) is 8.92. The Morgan fingerprint density at radius 1 is 0.939 bits per heavy atom. The fourth-order valence-electron chi connectivity index (χ4n) is 3.63. The van der Waals surface area contributed by atoms with Gasteiger partial charge in [0.2, 0.25) is 0 Å². The first-order valence-electron chi connectivity index (χ1n) is 9.59. The number of hydrogen-bond donors (Lipinski definition) is 1. The van der Waals surface area contributed by atoms with Crippen LogP contribution in [0.5, 0.6) is 0 Å². The number of carbonyl (C=O) groups is 2. The molecular weight excluding hydrogens is 508 g/mol. The van der Waals surface area contributed by atoms with Gasteiger partial charge in [0.05, 0.1) is 20.8 Å². The predicted octanol–water partition coefficient (Wildman–Crippen LogP) is 6.02. The van der Waals surface area contributed by atoms with E-state index in [4.69, 9.17) is 47.0 Å². The normalized spacial score (nSPS) is 15.4. The first kappa shape index (κ1) is 23.4. The van der Waals surface area contributed by atoms with Gasteiger partial charge in [-0.05, 0) is 80.2 Å². The van der Waals surface area contributed by atoms with Crippen molar-refractivity contribution in [2.75, 3.05) is 4.90 Å². The summed E-state index contributed by atoms with van der Waals surface area (Å²) in [5, 5.41) is 3.03. The van der Waals surface area contributed by atoms with Crippen molar-refractivity contribution in [1.29, 1.82) is 0 Å². The quantitative estimate of drug-likeness (QED) is 0.260. The zero-order valence-electron chi connectivity index (χ0n) is 17.2. The van der Waals surface area contributed by atoms with Crippen LogP contribution >= 0.6 is 47.0 Å². The summed E-state index contributed by atoms with van der Waals surface area (Å²) >= 11 is 23.2. The van der Waals surface area contributed by atoms with E-state index in [9.17, 15) is 14.0 Å². The summed E-state index contributed by atoms with van der Waals surface area (Å²) in [5.41, 5.74) is 3.09. The molecule has 0 bridgehead atoms. The molecule has 10 heteroatoms. The maximum absolute atomic E-state index is 13.6. The van der Waals surface area contributed by atoms with Gasteiger partial charge in [0.1, 0.15) is 11.4 Å². The number of rotatable bonds is 3. The van der Waals surface area contributed by atoms with Crippen molar-refractivity contribution in [3.05, 3.63) is 85.9 Å². The van der Waals surface area contributed by atoms with E-state index in [2.05, 4.69) is 5.32 Å². The highest BCUT2D eigenvalue weighted by atomic mass is 35.5. The molecule has 0 radical (unpaired) electrons. The molecule has 2 aromatic carbocycles. The molecule has 4 rings (SSSR count). The Hall–Kier alpha value is -2.71. The molecule has 0 saturated carbocycles. The van der Waals surface area contributed by atoms with Crippen LogP contribution < -0.4 is 10.2 Å². The minimum atomic E-state index is -0.615. The van der Waals surface area contributed by atoms with Gasteiger partial charge in [-0.1, -0.05) is 34.8 Å². The average Bonchev–Trinajstić information content (AvgIpc) is 3.03. The summed E-state index contributed by atoms with van der Waals surface area (Å²) in [4.78, 5) is 27.1. The summed E-state index contributed by atoms with van der Waals surface area (Å²) in [7, 11) is 0. The number of nitrogens with zero attached hydrogens (tertiary/aromatic N) is 2. The predicted molar refractivity (Wildman–Crippen MR) is 133 cm³/mol. The SMILES string of the molecule is Cc1cc(/C=C2\C(=O)NC(=S)N(c3ccc(Cl)c(Cl)c3)C2=O)c(C)n1-c1ccc(F)c(Cl)c1. The highest BCUT2D eigenvalue weighted by Crippen LogP contribution is 2.31. The summed E-state index contributed by atoms with van der Waals surface area (Å²) in [5.74, 6) is -1.74. The zero-order chi connectivity index (χ0) is 24.0. The van der Waals surface area contributed by atoms with Crippen molar-refractivity contribution in [3.8, 4) is 5.69 Å². The van der Waals surface area contributed by atoms with Gasteiger partial charge < -0.3 is 4.57 Å². The van der Waals surface area contributed by atoms with E-state index in [1.54, 1.807) is 12.1 Å². The third-order valence-electron chi connectivity index (χ3n) is 5.19. The Labute approximate surface area is 209 Å². The fraction of sp³-hybridized carbons (Fsp3) is 0.0870. The Balaban J connectivity index is 1.77. The minimum absolute atomic E-state index is 0.00693. The summed E-state index contributed by atoms with van der Waals surface area (Å²) < 4.78 is 15.5. The van der Waals surface area contributed by atoms with Crippen LogP contribution in [0.3, 0.4) is 0 Å². The molecule has 0 spiro atoms. The van der Waals surface area contributed by atoms with Gasteiger partial charge in [0, 0.05) is 17.1 Å². The second-order valence-electron chi connectivity index (χ2n) is 7.32. The Bertz CT molecular complexity index is 1380. The second kappa shape index (κ2) is 8.91. The van der Waals surface area contributed by atoms with E-state index in [1.165, 1.54) is 35.2 Å². The highest BCUT2D eigenvalue weighted by Gasteiger charge is 2.35. The van der Waals surface area contributed by atoms with Crippen LogP contribution in [0.2, 0.25) is 15.1 Å². The van der Waals surface area contributed by atoms with E-state index in [0.717, 1.165) is 11.4 Å². The lowest BCUT2D eigenvalue weighted by Gasteiger charge is -2.29. The third kappa shape index (κ3) is 4.29. The number of carbonyl (C=O) groups excluding carboxylic acids is 2. The number of thiocarbonyl (C=S) groups is 1. The van der Waals surface area contributed by atoms with Gasteiger partial charge in [-0.25, -0.2) is 4.39 Å². The zero-order valence-corrected chi connectivity index (χ0v) is 20.3. The van der Waals surface area contributed by atoms with Gasteiger partial charge in [-0.3, -0.25) is 19.8 Å². The number of amides is 2. The lowest BCUT2D eigenvalue weighted by molar-refractivity contribution is -0.122. The molecular formula is C23H15Cl3FN3O2S. The topological polar surface area (TPSA) is 54.3 Å². The summed E-state index contributed by atoms with van der Waals surface area (Å²) in [6.45, 7) is 3.68. The molecule has 0 atom stereocenters. The van der Waals surface area contributed by atoms with Crippen molar-refractivity contribution in [3.63, 3.8) is 0 Å². The van der Waals surface area contributed by atoms with E-state index in [0.29, 0.717) is 22.0 Å². The van der Waals surface area contributed by atoms with Gasteiger partial charge in [-0.2, -0.15) is 0 Å². The Morgan fingerprint density at radius 2 is 1.61 bits per heavy atom. The molecule has 3 aromatic rings. The molecule has 1 fully saturated rings. The number of aromatic nitrogens is 1. The monoisotopic (exact) mass is 521 g/mol. The molecule has 0 aliphatic carbocycles. The molecule has 1 aliphatic heterocycles. The number of hydrogen-bond acceptors (Lipinski definition) is 3. The highest BCUT2D eigenvalue weighted by molar-refractivity contribution is 7.80. The molecule has 168 valence electrons. The molecule has 1 aromatic heterocycles. The first-order chi connectivity index (χ1) is 15.6. The van der Waals surface area contributed by atoms with E-state index < -0.39 is 17.6 Å². The van der Waals surface area contributed by atoms with E-state index in [1.807, 2.05) is 24.5 Å². The van der Waals surface area contributed by atoms with Crippen LogP contribution in [-0.4, -0.2) is 21.5 Å². The average molecular weight is 523 g/mol. The van der Waals surface area contributed by atoms with E-state index >= 15 is 0 Å². The van der Waals surface area contributed by atoms with Crippen LogP contribution in [0.15, 0.2) is 48.0 Å².